The van der Waals surface area contributed by atoms with Crippen molar-refractivity contribution in [2.24, 2.45) is 0 Å². The second-order valence-corrected chi connectivity index (χ2v) is 6.81. The molecule has 26 heavy (non-hydrogen) atoms. The summed E-state index contributed by atoms with van der Waals surface area (Å²) in [6.45, 7) is 1.73. The monoisotopic (exact) mass is 364 g/mol. The summed E-state index contributed by atoms with van der Waals surface area (Å²) < 4.78 is 12.9. The van der Waals surface area contributed by atoms with E-state index in [9.17, 15) is 0 Å². The Hall–Kier alpha value is -2.86. The number of anilines is 1. The summed E-state index contributed by atoms with van der Waals surface area (Å²) in [7, 11) is 1.67. The standard InChI is InChI=1S/C20H20N4OS/c1-25-16-9-7-15(8-10-16)18-11-14-24(22-18)13-4-12-21-20-17-5-2-3-6-19(17)26-23-20/h2-3,5-11,14H,4,12-13H2,1H3,(H,21,23). The number of hydrogen-bond donors (Lipinski definition) is 1. The maximum atomic E-state index is 5.20. The number of fused-ring (bicyclic) bond motifs is 1. The molecule has 0 amide bonds. The molecule has 0 atom stereocenters. The van der Waals surface area contributed by atoms with Crippen molar-refractivity contribution in [2.45, 2.75) is 13.0 Å². The summed E-state index contributed by atoms with van der Waals surface area (Å²) >= 11 is 1.53. The fourth-order valence-corrected chi connectivity index (χ4v) is 3.62. The van der Waals surface area contributed by atoms with Gasteiger partial charge in [0.1, 0.15) is 11.6 Å². The Bertz CT molecular complexity index is 990. The Kier molecular flexibility index (Phi) is 4.84. The van der Waals surface area contributed by atoms with Gasteiger partial charge in [0.25, 0.3) is 0 Å². The van der Waals surface area contributed by atoms with Crippen LogP contribution in [0.1, 0.15) is 6.42 Å². The van der Waals surface area contributed by atoms with E-state index in [1.165, 1.54) is 21.6 Å². The van der Waals surface area contributed by atoms with Crippen LogP contribution in [0.3, 0.4) is 0 Å². The van der Waals surface area contributed by atoms with Crippen LogP contribution in [0.15, 0.2) is 60.8 Å². The van der Waals surface area contributed by atoms with Gasteiger partial charge in [-0.3, -0.25) is 4.68 Å². The summed E-state index contributed by atoms with van der Waals surface area (Å²) in [5.41, 5.74) is 2.07. The zero-order valence-corrected chi connectivity index (χ0v) is 15.4. The zero-order valence-electron chi connectivity index (χ0n) is 14.6. The van der Waals surface area contributed by atoms with Gasteiger partial charge < -0.3 is 10.1 Å². The van der Waals surface area contributed by atoms with E-state index in [1.54, 1.807) is 7.11 Å². The van der Waals surface area contributed by atoms with Gasteiger partial charge in [-0.05, 0) is 60.4 Å². The Morgan fingerprint density at radius 2 is 1.92 bits per heavy atom. The molecule has 0 aliphatic heterocycles. The SMILES string of the molecule is COc1ccc(-c2ccn(CCCNc3nsc4ccccc34)n2)cc1. The van der Waals surface area contributed by atoms with Crippen LogP contribution < -0.4 is 10.1 Å². The van der Waals surface area contributed by atoms with Gasteiger partial charge in [-0.15, -0.1) is 0 Å². The molecule has 0 spiro atoms. The summed E-state index contributed by atoms with van der Waals surface area (Å²) in [6.07, 6.45) is 3.01. The lowest BCUT2D eigenvalue weighted by Gasteiger charge is -2.05. The van der Waals surface area contributed by atoms with Crippen LogP contribution >= 0.6 is 11.5 Å². The summed E-state index contributed by atoms with van der Waals surface area (Å²) in [5.74, 6) is 1.83. The summed E-state index contributed by atoms with van der Waals surface area (Å²) in [4.78, 5) is 0. The van der Waals surface area contributed by atoms with Crippen molar-refractivity contribution >= 4 is 27.4 Å². The number of benzene rings is 2. The van der Waals surface area contributed by atoms with E-state index < -0.39 is 0 Å². The number of rotatable bonds is 7. The maximum Gasteiger partial charge on any atom is 0.147 e. The first-order chi connectivity index (χ1) is 12.8. The molecule has 5 nitrogen and oxygen atoms in total. The molecule has 0 fully saturated rings. The van der Waals surface area contributed by atoms with Crippen LogP contribution in [0.2, 0.25) is 0 Å². The van der Waals surface area contributed by atoms with Gasteiger partial charge in [0.15, 0.2) is 0 Å². The van der Waals surface area contributed by atoms with E-state index in [1.807, 2.05) is 53.3 Å². The van der Waals surface area contributed by atoms with E-state index in [2.05, 4.69) is 26.9 Å². The van der Waals surface area contributed by atoms with E-state index in [0.29, 0.717) is 0 Å². The molecule has 0 saturated carbocycles. The first-order valence-corrected chi connectivity index (χ1v) is 9.37. The zero-order chi connectivity index (χ0) is 17.8. The summed E-state index contributed by atoms with van der Waals surface area (Å²) in [5, 5.41) is 9.28. The molecule has 4 rings (SSSR count). The second kappa shape index (κ2) is 7.58. The fraction of sp³-hybridized carbons (Fsp3) is 0.200. The predicted molar refractivity (Wildman–Crippen MR) is 107 cm³/mol. The van der Waals surface area contributed by atoms with Crippen molar-refractivity contribution in [1.82, 2.24) is 14.2 Å². The van der Waals surface area contributed by atoms with Crippen LogP contribution in [-0.2, 0) is 6.54 Å². The minimum atomic E-state index is 0.855. The number of ether oxygens (including phenoxy) is 1. The smallest absolute Gasteiger partial charge is 0.147 e. The van der Waals surface area contributed by atoms with Crippen LogP contribution in [0.4, 0.5) is 5.82 Å². The van der Waals surface area contributed by atoms with Gasteiger partial charge in [-0.2, -0.15) is 9.47 Å². The van der Waals surface area contributed by atoms with E-state index in [4.69, 9.17) is 4.74 Å². The van der Waals surface area contributed by atoms with Crippen LogP contribution in [0, 0.1) is 0 Å². The Morgan fingerprint density at radius 1 is 1.08 bits per heavy atom. The van der Waals surface area contributed by atoms with Gasteiger partial charge in [0.05, 0.1) is 17.5 Å². The van der Waals surface area contributed by atoms with Crippen molar-refractivity contribution in [1.29, 1.82) is 0 Å². The Morgan fingerprint density at radius 3 is 2.77 bits per heavy atom. The van der Waals surface area contributed by atoms with Crippen LogP contribution in [0.5, 0.6) is 5.75 Å². The van der Waals surface area contributed by atoms with Gasteiger partial charge in [-0.1, -0.05) is 12.1 Å². The molecule has 0 aliphatic rings. The van der Waals surface area contributed by atoms with Crippen LogP contribution in [0.25, 0.3) is 21.3 Å². The minimum Gasteiger partial charge on any atom is -0.497 e. The fourth-order valence-electron chi connectivity index (χ4n) is 2.86. The lowest BCUT2D eigenvalue weighted by Crippen LogP contribution is -2.07. The average Bonchev–Trinajstić information content (AvgIpc) is 3.33. The molecule has 2 heterocycles. The predicted octanol–water partition coefficient (Wildman–Crippen LogP) is 4.67. The lowest BCUT2D eigenvalue weighted by atomic mass is 10.1. The highest BCUT2D eigenvalue weighted by Gasteiger charge is 2.05. The average molecular weight is 364 g/mol. The number of nitrogens with zero attached hydrogens (tertiary/aromatic N) is 3. The molecule has 2 aromatic carbocycles. The van der Waals surface area contributed by atoms with Gasteiger partial charge >= 0.3 is 0 Å². The Balaban J connectivity index is 1.32. The molecular formula is C20H20N4OS. The third-order valence-electron chi connectivity index (χ3n) is 4.26. The maximum absolute atomic E-state index is 5.20. The molecule has 6 heteroatoms. The molecule has 0 bridgehead atoms. The first kappa shape index (κ1) is 16.6. The molecule has 2 aromatic heterocycles. The van der Waals surface area contributed by atoms with Gasteiger partial charge in [0.2, 0.25) is 0 Å². The van der Waals surface area contributed by atoms with Crippen molar-refractivity contribution in [2.75, 3.05) is 19.0 Å². The summed E-state index contributed by atoms with van der Waals surface area (Å²) in [6, 6.07) is 18.3. The topological polar surface area (TPSA) is 52.0 Å². The quantitative estimate of drug-likeness (QED) is 0.484. The number of nitrogens with one attached hydrogen (secondary N) is 1. The largest absolute Gasteiger partial charge is 0.497 e. The lowest BCUT2D eigenvalue weighted by molar-refractivity contribution is 0.415. The van der Waals surface area contributed by atoms with Crippen molar-refractivity contribution in [3.8, 4) is 17.0 Å². The second-order valence-electron chi connectivity index (χ2n) is 6.00. The highest BCUT2D eigenvalue weighted by molar-refractivity contribution is 7.13. The van der Waals surface area contributed by atoms with E-state index >= 15 is 0 Å². The normalized spacial score (nSPS) is 11.0. The number of methoxy groups -OCH3 is 1. The van der Waals surface area contributed by atoms with E-state index in [0.717, 1.165) is 42.3 Å². The highest BCUT2D eigenvalue weighted by atomic mass is 32.1. The minimum absolute atomic E-state index is 0.855. The number of aryl methyl sites for hydroxylation is 1. The van der Waals surface area contributed by atoms with E-state index in [-0.39, 0.29) is 0 Å². The molecule has 0 radical (unpaired) electrons. The third-order valence-corrected chi connectivity index (χ3v) is 5.09. The molecule has 0 aliphatic carbocycles. The number of aromatic nitrogens is 3. The molecule has 0 saturated heterocycles. The Labute approximate surface area is 156 Å². The highest BCUT2D eigenvalue weighted by Crippen LogP contribution is 2.26. The van der Waals surface area contributed by atoms with Crippen molar-refractivity contribution in [3.05, 3.63) is 60.8 Å². The van der Waals surface area contributed by atoms with Crippen molar-refractivity contribution in [3.63, 3.8) is 0 Å². The molecule has 1 N–H and O–H groups in total. The first-order valence-electron chi connectivity index (χ1n) is 8.59. The van der Waals surface area contributed by atoms with Gasteiger partial charge in [-0.25, -0.2) is 0 Å². The molecule has 0 unspecified atom stereocenters. The number of hydrogen-bond acceptors (Lipinski definition) is 5. The third kappa shape index (κ3) is 3.55. The van der Waals surface area contributed by atoms with Gasteiger partial charge in [0, 0.05) is 30.2 Å². The molecule has 4 aromatic rings. The van der Waals surface area contributed by atoms with Crippen LogP contribution in [-0.4, -0.2) is 27.8 Å². The molecule has 132 valence electrons. The molecular weight excluding hydrogens is 344 g/mol. The van der Waals surface area contributed by atoms with Crippen molar-refractivity contribution < 1.29 is 4.74 Å².